The normalized spacial score (nSPS) is 10.7. The van der Waals surface area contributed by atoms with E-state index in [1.807, 2.05) is 30.3 Å². The van der Waals surface area contributed by atoms with Gasteiger partial charge in [0.1, 0.15) is 10.8 Å². The fourth-order valence-corrected chi connectivity index (χ4v) is 3.16. The summed E-state index contributed by atoms with van der Waals surface area (Å²) in [5.74, 6) is 0.923. The van der Waals surface area contributed by atoms with Gasteiger partial charge in [-0.05, 0) is 30.5 Å². The Hall–Kier alpha value is -2.17. The Morgan fingerprint density at radius 3 is 2.52 bits per heavy atom. The molecular formula is C19H20N2OS. The molecule has 0 radical (unpaired) electrons. The molecule has 3 rings (SSSR count). The van der Waals surface area contributed by atoms with Crippen molar-refractivity contribution in [2.24, 2.45) is 5.73 Å². The maximum Gasteiger partial charge on any atom is 0.123 e. The monoisotopic (exact) mass is 324 g/mol. The van der Waals surface area contributed by atoms with Gasteiger partial charge in [-0.1, -0.05) is 42.5 Å². The summed E-state index contributed by atoms with van der Waals surface area (Å²) in [4.78, 5) is 4.71. The summed E-state index contributed by atoms with van der Waals surface area (Å²) >= 11 is 1.69. The van der Waals surface area contributed by atoms with Crippen molar-refractivity contribution in [1.82, 2.24) is 4.98 Å². The third-order valence-electron chi connectivity index (χ3n) is 3.58. The van der Waals surface area contributed by atoms with Crippen LogP contribution >= 0.6 is 11.3 Å². The van der Waals surface area contributed by atoms with E-state index in [1.165, 1.54) is 0 Å². The molecule has 1 aromatic heterocycles. The van der Waals surface area contributed by atoms with Crippen LogP contribution in [0.15, 0.2) is 60.0 Å². The second kappa shape index (κ2) is 7.90. The van der Waals surface area contributed by atoms with Crippen molar-refractivity contribution in [3.8, 4) is 16.3 Å². The molecule has 0 atom stereocenters. The Bertz CT molecular complexity index is 723. The molecule has 4 heteroatoms. The topological polar surface area (TPSA) is 48.1 Å². The molecule has 118 valence electrons. The molecule has 0 saturated heterocycles. The van der Waals surface area contributed by atoms with Gasteiger partial charge in [-0.3, -0.25) is 0 Å². The number of benzene rings is 2. The zero-order valence-electron chi connectivity index (χ0n) is 12.9. The summed E-state index contributed by atoms with van der Waals surface area (Å²) in [6, 6.07) is 18.2. The van der Waals surface area contributed by atoms with Gasteiger partial charge in [0.15, 0.2) is 0 Å². The van der Waals surface area contributed by atoms with Crippen LogP contribution in [-0.2, 0) is 13.0 Å². The summed E-state index contributed by atoms with van der Waals surface area (Å²) < 4.78 is 5.71. The first-order chi connectivity index (χ1) is 11.3. The number of ether oxygens (including phenoxy) is 1. The number of aryl methyl sites for hydroxylation is 1. The van der Waals surface area contributed by atoms with E-state index in [0.29, 0.717) is 13.2 Å². The van der Waals surface area contributed by atoms with Crippen molar-refractivity contribution in [1.29, 1.82) is 0 Å². The summed E-state index contributed by atoms with van der Waals surface area (Å²) in [5, 5.41) is 3.20. The average molecular weight is 324 g/mol. The van der Waals surface area contributed by atoms with Crippen molar-refractivity contribution in [2.75, 3.05) is 6.61 Å². The third kappa shape index (κ3) is 4.41. The molecule has 0 bridgehead atoms. The molecule has 3 nitrogen and oxygen atoms in total. The third-order valence-corrected chi connectivity index (χ3v) is 4.52. The largest absolute Gasteiger partial charge is 0.494 e. The second-order valence-corrected chi connectivity index (χ2v) is 6.17. The van der Waals surface area contributed by atoms with Crippen LogP contribution in [0.3, 0.4) is 0 Å². The van der Waals surface area contributed by atoms with Crippen LogP contribution in [0.5, 0.6) is 5.75 Å². The van der Waals surface area contributed by atoms with E-state index in [-0.39, 0.29) is 0 Å². The standard InChI is InChI=1S/C19H20N2OS/c20-13-15-8-10-16(11-9-15)19-21-17(14-23-19)5-4-12-22-18-6-2-1-3-7-18/h1-3,6-11,14H,4-5,12-13,20H2. The fraction of sp³-hybridized carbons (Fsp3) is 0.211. The number of nitrogens with zero attached hydrogens (tertiary/aromatic N) is 1. The van der Waals surface area contributed by atoms with Gasteiger partial charge < -0.3 is 10.5 Å². The SMILES string of the molecule is NCc1ccc(-c2nc(CCCOc3ccccc3)cs2)cc1. The molecule has 23 heavy (non-hydrogen) atoms. The minimum atomic E-state index is 0.574. The highest BCUT2D eigenvalue weighted by atomic mass is 32.1. The zero-order chi connectivity index (χ0) is 15.9. The number of aromatic nitrogens is 1. The number of para-hydroxylation sites is 1. The zero-order valence-corrected chi connectivity index (χ0v) is 13.8. The van der Waals surface area contributed by atoms with Crippen LogP contribution in [-0.4, -0.2) is 11.6 Å². The van der Waals surface area contributed by atoms with Crippen molar-refractivity contribution < 1.29 is 4.74 Å². The van der Waals surface area contributed by atoms with Crippen LogP contribution in [0.4, 0.5) is 0 Å². The van der Waals surface area contributed by atoms with Crippen LogP contribution in [0.1, 0.15) is 17.7 Å². The van der Waals surface area contributed by atoms with Crippen molar-refractivity contribution in [3.63, 3.8) is 0 Å². The Labute approximate surface area is 140 Å². The lowest BCUT2D eigenvalue weighted by molar-refractivity contribution is 0.310. The first kappa shape index (κ1) is 15.7. The highest BCUT2D eigenvalue weighted by Gasteiger charge is 2.05. The summed E-state index contributed by atoms with van der Waals surface area (Å²) in [6.45, 7) is 1.28. The number of hydrogen-bond acceptors (Lipinski definition) is 4. The minimum absolute atomic E-state index is 0.574. The van der Waals surface area contributed by atoms with Gasteiger partial charge in [-0.25, -0.2) is 4.98 Å². The van der Waals surface area contributed by atoms with Crippen LogP contribution in [0.25, 0.3) is 10.6 Å². The first-order valence-electron chi connectivity index (χ1n) is 7.77. The predicted octanol–water partition coefficient (Wildman–Crippen LogP) is 4.28. The molecule has 0 spiro atoms. The molecule has 0 aliphatic rings. The van der Waals surface area contributed by atoms with Crippen LogP contribution < -0.4 is 10.5 Å². The number of rotatable bonds is 7. The van der Waals surface area contributed by atoms with Gasteiger partial charge in [0.25, 0.3) is 0 Å². The Kier molecular flexibility index (Phi) is 5.40. The fourth-order valence-electron chi connectivity index (χ4n) is 2.30. The molecule has 0 unspecified atom stereocenters. The Balaban J connectivity index is 1.51. The van der Waals surface area contributed by atoms with Gasteiger partial charge in [-0.2, -0.15) is 0 Å². The number of nitrogens with two attached hydrogens (primary N) is 1. The molecule has 0 aliphatic carbocycles. The Morgan fingerprint density at radius 1 is 1.00 bits per heavy atom. The lowest BCUT2D eigenvalue weighted by Gasteiger charge is -2.04. The van der Waals surface area contributed by atoms with E-state index in [1.54, 1.807) is 11.3 Å². The maximum atomic E-state index is 5.71. The van der Waals surface area contributed by atoms with Gasteiger partial charge >= 0.3 is 0 Å². The number of hydrogen-bond donors (Lipinski definition) is 1. The maximum absolute atomic E-state index is 5.71. The predicted molar refractivity (Wildman–Crippen MR) is 95.7 cm³/mol. The Morgan fingerprint density at radius 2 is 1.78 bits per heavy atom. The number of thiazole rings is 1. The second-order valence-electron chi connectivity index (χ2n) is 5.31. The summed E-state index contributed by atoms with van der Waals surface area (Å²) in [6.07, 6.45) is 1.90. The van der Waals surface area contributed by atoms with E-state index >= 15 is 0 Å². The van der Waals surface area contributed by atoms with E-state index in [4.69, 9.17) is 15.5 Å². The highest BCUT2D eigenvalue weighted by molar-refractivity contribution is 7.13. The molecule has 0 amide bonds. The van der Waals surface area contributed by atoms with Crippen molar-refractivity contribution >= 4 is 11.3 Å². The lowest BCUT2D eigenvalue weighted by atomic mass is 10.1. The molecule has 0 saturated carbocycles. The lowest BCUT2D eigenvalue weighted by Crippen LogP contribution is -1.99. The molecule has 2 N–H and O–H groups in total. The molecule has 0 fully saturated rings. The van der Waals surface area contributed by atoms with E-state index in [2.05, 4.69) is 29.6 Å². The molecule has 0 aliphatic heterocycles. The van der Waals surface area contributed by atoms with E-state index < -0.39 is 0 Å². The summed E-state index contributed by atoms with van der Waals surface area (Å²) in [5.41, 5.74) is 9.05. The molecule has 2 aromatic carbocycles. The summed E-state index contributed by atoms with van der Waals surface area (Å²) in [7, 11) is 0. The highest BCUT2D eigenvalue weighted by Crippen LogP contribution is 2.24. The van der Waals surface area contributed by atoms with Gasteiger partial charge in [0.05, 0.1) is 12.3 Å². The smallest absolute Gasteiger partial charge is 0.123 e. The minimum Gasteiger partial charge on any atom is -0.494 e. The first-order valence-corrected chi connectivity index (χ1v) is 8.65. The van der Waals surface area contributed by atoms with Gasteiger partial charge in [0.2, 0.25) is 0 Å². The van der Waals surface area contributed by atoms with Crippen LogP contribution in [0, 0.1) is 0 Å². The van der Waals surface area contributed by atoms with Gasteiger partial charge in [-0.15, -0.1) is 11.3 Å². The molecular weight excluding hydrogens is 304 g/mol. The molecule has 1 heterocycles. The van der Waals surface area contributed by atoms with E-state index in [9.17, 15) is 0 Å². The average Bonchev–Trinajstić information content (AvgIpc) is 3.09. The van der Waals surface area contributed by atoms with Crippen LogP contribution in [0.2, 0.25) is 0 Å². The quantitative estimate of drug-likeness (QED) is 0.660. The molecule has 3 aromatic rings. The van der Waals surface area contributed by atoms with Crippen molar-refractivity contribution in [2.45, 2.75) is 19.4 Å². The van der Waals surface area contributed by atoms with Gasteiger partial charge in [0, 0.05) is 17.5 Å². The van der Waals surface area contributed by atoms with E-state index in [0.717, 1.165) is 40.4 Å². The van der Waals surface area contributed by atoms with Crippen molar-refractivity contribution in [3.05, 3.63) is 71.2 Å².